The lowest BCUT2D eigenvalue weighted by molar-refractivity contribution is 0.0684. The van der Waals surface area contributed by atoms with E-state index in [1.165, 1.54) is 0 Å². The van der Waals surface area contributed by atoms with E-state index in [1.807, 2.05) is 52.7 Å². The number of nitrogens with one attached hydrogen (secondary N) is 1. The molecule has 7 nitrogen and oxygen atoms in total. The van der Waals surface area contributed by atoms with Gasteiger partial charge in [-0.15, -0.1) is 0 Å². The van der Waals surface area contributed by atoms with E-state index >= 15 is 0 Å². The molecule has 5 aromatic rings. The molecule has 1 aliphatic rings. The van der Waals surface area contributed by atoms with Crippen molar-refractivity contribution in [2.45, 2.75) is 78.7 Å². The van der Waals surface area contributed by atoms with Gasteiger partial charge in [-0.25, -0.2) is 4.79 Å². The van der Waals surface area contributed by atoms with Crippen molar-refractivity contribution in [3.63, 3.8) is 0 Å². The molecule has 46 heavy (non-hydrogen) atoms. The minimum atomic E-state index is -0.898. The van der Waals surface area contributed by atoms with Gasteiger partial charge in [0.05, 0.1) is 22.8 Å². The SMILES string of the molecule is CCNCC.CCc1c2c(nn1C)CCCCCCn1c(C(=O)O)c(CCCOc3cccc4ccccc34)c3ccc(Cl)c-2c31. The first kappa shape index (κ1) is 33.6. The second-order valence-electron chi connectivity index (χ2n) is 11.9. The second-order valence-corrected chi connectivity index (χ2v) is 12.3. The first-order chi connectivity index (χ1) is 22.4. The molecule has 244 valence electrons. The van der Waals surface area contributed by atoms with Gasteiger partial charge >= 0.3 is 5.97 Å². The van der Waals surface area contributed by atoms with Crippen LogP contribution in [-0.4, -0.2) is 45.1 Å². The van der Waals surface area contributed by atoms with Crippen molar-refractivity contribution in [3.05, 3.63) is 82.3 Å². The van der Waals surface area contributed by atoms with Crippen molar-refractivity contribution in [1.29, 1.82) is 0 Å². The minimum Gasteiger partial charge on any atom is -0.493 e. The molecular formula is C38H47ClN4O3. The summed E-state index contributed by atoms with van der Waals surface area (Å²) < 4.78 is 10.2. The summed E-state index contributed by atoms with van der Waals surface area (Å²) in [6, 6.07) is 18.2. The Hall–Kier alpha value is -3.81. The molecule has 0 saturated carbocycles. The molecule has 0 radical (unpaired) electrons. The third kappa shape index (κ3) is 6.96. The summed E-state index contributed by atoms with van der Waals surface area (Å²) in [6.45, 7) is 9.67. The van der Waals surface area contributed by atoms with E-state index in [-0.39, 0.29) is 0 Å². The van der Waals surface area contributed by atoms with E-state index < -0.39 is 5.97 Å². The van der Waals surface area contributed by atoms with Crippen LogP contribution in [0.3, 0.4) is 0 Å². The number of halogens is 1. The van der Waals surface area contributed by atoms with Crippen LogP contribution in [0.5, 0.6) is 5.75 Å². The van der Waals surface area contributed by atoms with Gasteiger partial charge in [0.1, 0.15) is 11.4 Å². The Bertz CT molecular complexity index is 1800. The molecule has 0 atom stereocenters. The smallest absolute Gasteiger partial charge is 0.352 e. The highest BCUT2D eigenvalue weighted by atomic mass is 35.5. The summed E-state index contributed by atoms with van der Waals surface area (Å²) in [5.41, 5.74) is 6.33. The number of nitrogens with zero attached hydrogens (tertiary/aromatic N) is 3. The number of aromatic carboxylic acids is 1. The maximum Gasteiger partial charge on any atom is 0.352 e. The van der Waals surface area contributed by atoms with Gasteiger partial charge in [0.25, 0.3) is 0 Å². The highest BCUT2D eigenvalue weighted by Gasteiger charge is 2.29. The minimum absolute atomic E-state index is 0.372. The highest BCUT2D eigenvalue weighted by molar-refractivity contribution is 6.35. The van der Waals surface area contributed by atoms with Crippen molar-refractivity contribution in [2.24, 2.45) is 7.05 Å². The van der Waals surface area contributed by atoms with Crippen LogP contribution >= 0.6 is 11.6 Å². The van der Waals surface area contributed by atoms with Gasteiger partial charge in [-0.1, -0.05) is 87.7 Å². The number of benzene rings is 3. The average Bonchev–Trinajstić information content (AvgIpc) is 3.53. The molecule has 3 heterocycles. The molecule has 0 bridgehead atoms. The molecule has 0 saturated heterocycles. The first-order valence-corrected chi connectivity index (χ1v) is 17.2. The number of carbonyl (C=O) groups is 1. The molecular weight excluding hydrogens is 596 g/mol. The van der Waals surface area contributed by atoms with Crippen molar-refractivity contribution < 1.29 is 14.6 Å². The Morgan fingerprint density at radius 2 is 1.72 bits per heavy atom. The molecule has 0 amide bonds. The summed E-state index contributed by atoms with van der Waals surface area (Å²) in [5.74, 6) is -0.0473. The van der Waals surface area contributed by atoms with Crippen LogP contribution in [0.4, 0.5) is 0 Å². The first-order valence-electron chi connectivity index (χ1n) is 16.8. The lowest BCUT2D eigenvalue weighted by Gasteiger charge is -2.14. The van der Waals surface area contributed by atoms with E-state index in [9.17, 15) is 9.90 Å². The Morgan fingerprint density at radius 1 is 0.957 bits per heavy atom. The summed E-state index contributed by atoms with van der Waals surface area (Å²) in [4.78, 5) is 12.9. The second kappa shape index (κ2) is 15.7. The van der Waals surface area contributed by atoms with Gasteiger partial charge in [-0.3, -0.25) is 4.68 Å². The fourth-order valence-corrected chi connectivity index (χ4v) is 7.11. The lowest BCUT2D eigenvalue weighted by atomic mass is 9.95. The zero-order valence-electron chi connectivity index (χ0n) is 27.7. The number of aryl methyl sites for hydroxylation is 4. The predicted molar refractivity (Wildman–Crippen MR) is 190 cm³/mol. The molecule has 8 heteroatoms. The third-order valence-corrected chi connectivity index (χ3v) is 9.24. The van der Waals surface area contributed by atoms with E-state index in [0.717, 1.165) is 107 Å². The maximum atomic E-state index is 12.9. The van der Waals surface area contributed by atoms with Crippen molar-refractivity contribution in [2.75, 3.05) is 19.7 Å². The van der Waals surface area contributed by atoms with Gasteiger partial charge in [0.15, 0.2) is 0 Å². The molecule has 3 aromatic carbocycles. The van der Waals surface area contributed by atoms with Gasteiger partial charge in [0.2, 0.25) is 0 Å². The summed E-state index contributed by atoms with van der Waals surface area (Å²) in [7, 11) is 1.99. The fourth-order valence-electron chi connectivity index (χ4n) is 6.86. The van der Waals surface area contributed by atoms with Crippen LogP contribution in [0.1, 0.15) is 80.3 Å². The summed E-state index contributed by atoms with van der Waals surface area (Å²) in [5, 5.41) is 22.4. The number of rotatable bonds is 9. The zero-order valence-corrected chi connectivity index (χ0v) is 28.4. The number of ether oxygens (including phenoxy) is 1. The molecule has 0 spiro atoms. The average molecular weight is 643 g/mol. The van der Waals surface area contributed by atoms with Crippen LogP contribution in [0.25, 0.3) is 32.8 Å². The lowest BCUT2D eigenvalue weighted by Crippen LogP contribution is -2.12. The normalized spacial score (nSPS) is 13.2. The zero-order chi connectivity index (χ0) is 32.6. The Kier molecular flexibility index (Phi) is 11.4. The van der Waals surface area contributed by atoms with E-state index in [1.54, 1.807) is 0 Å². The van der Waals surface area contributed by atoms with E-state index in [2.05, 4.69) is 44.3 Å². The largest absolute Gasteiger partial charge is 0.493 e. The number of carboxylic acids is 1. The maximum absolute atomic E-state index is 12.9. The molecule has 6 rings (SSSR count). The van der Waals surface area contributed by atoms with Gasteiger partial charge < -0.3 is 19.7 Å². The molecule has 2 N–H and O–H groups in total. The third-order valence-electron chi connectivity index (χ3n) is 8.93. The van der Waals surface area contributed by atoms with Crippen LogP contribution in [0.2, 0.25) is 5.02 Å². The van der Waals surface area contributed by atoms with Crippen LogP contribution in [0, 0.1) is 0 Å². The summed E-state index contributed by atoms with van der Waals surface area (Å²) >= 11 is 7.00. The van der Waals surface area contributed by atoms with Gasteiger partial charge in [-0.2, -0.15) is 5.10 Å². The Morgan fingerprint density at radius 3 is 2.46 bits per heavy atom. The van der Waals surface area contributed by atoms with Crippen LogP contribution in [0.15, 0.2) is 54.6 Å². The standard InChI is InChI=1S/C34H36ClN3O3.C4H11N/c1-3-28-31-27(36-37(28)2)16-6-4-5-9-20-38-32-25(18-19-26(35)30(31)32)24(33(38)34(39)40)15-11-21-41-29-17-10-13-22-12-7-8-14-23(22)29;1-3-5-4-2/h7-8,10,12-14,17-19H,3-6,9,11,15-16,20-21H2,1-2H3,(H,39,40);5H,3-4H2,1-2H3. The fraction of sp³-hybridized carbons (Fsp3) is 0.421. The summed E-state index contributed by atoms with van der Waals surface area (Å²) in [6.07, 6.45) is 7.11. The molecule has 0 fully saturated rings. The van der Waals surface area contributed by atoms with Crippen LogP contribution in [-0.2, 0) is 32.9 Å². The number of aromatic nitrogens is 3. The number of hydrogen-bond donors (Lipinski definition) is 2. The monoisotopic (exact) mass is 642 g/mol. The number of fused-ring (bicyclic) bond motifs is 3. The van der Waals surface area contributed by atoms with E-state index in [0.29, 0.717) is 36.7 Å². The van der Waals surface area contributed by atoms with Gasteiger partial charge in [0, 0.05) is 41.2 Å². The molecule has 1 aliphatic heterocycles. The quantitative estimate of drug-likeness (QED) is 0.157. The molecule has 0 aliphatic carbocycles. The number of hydrogen-bond acceptors (Lipinski definition) is 4. The number of carboxylic acid groups (broad SMARTS) is 1. The Labute approximate surface area is 277 Å². The van der Waals surface area contributed by atoms with Crippen molar-refractivity contribution in [3.8, 4) is 16.9 Å². The van der Waals surface area contributed by atoms with Crippen molar-refractivity contribution in [1.82, 2.24) is 19.7 Å². The highest BCUT2D eigenvalue weighted by Crippen LogP contribution is 2.43. The molecule has 0 unspecified atom stereocenters. The van der Waals surface area contributed by atoms with Crippen molar-refractivity contribution >= 4 is 39.2 Å². The Balaban J connectivity index is 0.000000775. The molecule has 2 aromatic heterocycles. The van der Waals surface area contributed by atoms with Gasteiger partial charge in [-0.05, 0) is 74.7 Å². The topological polar surface area (TPSA) is 81.3 Å². The van der Waals surface area contributed by atoms with E-state index in [4.69, 9.17) is 21.4 Å². The predicted octanol–water partition coefficient (Wildman–Crippen LogP) is 8.85. The van der Waals surface area contributed by atoms with Crippen LogP contribution < -0.4 is 10.1 Å².